The number of rotatable bonds is 0. The summed E-state index contributed by atoms with van der Waals surface area (Å²) in [7, 11) is 0. The number of carbonyl (C=O) groups excluding carboxylic acids is 1. The zero-order valence-electron chi connectivity index (χ0n) is 12.6. The van der Waals surface area contributed by atoms with Crippen LogP contribution in [0.4, 0.5) is 0 Å². The second-order valence-corrected chi connectivity index (χ2v) is 6.95. The van der Waals surface area contributed by atoms with Crippen molar-refractivity contribution in [1.82, 2.24) is 4.90 Å². The standard InChI is InChI=1S/C18H19NO3/c1-11-2-3-13-7-17(20)19-5-4-12-6-15-16(22-10-21-15)8-14(12)18(13,19)9-11/h6,8,13H,1-5,7,9-10H2/t13-,18-/m1/s1. The highest BCUT2D eigenvalue weighted by Crippen LogP contribution is 2.57. The van der Waals surface area contributed by atoms with E-state index in [4.69, 9.17) is 9.47 Å². The van der Waals surface area contributed by atoms with Crippen LogP contribution in [0.1, 0.15) is 36.8 Å². The first-order chi connectivity index (χ1) is 10.7. The summed E-state index contributed by atoms with van der Waals surface area (Å²) in [6, 6.07) is 4.26. The molecule has 114 valence electrons. The Morgan fingerprint density at radius 3 is 2.91 bits per heavy atom. The summed E-state index contributed by atoms with van der Waals surface area (Å²) >= 11 is 0. The Labute approximate surface area is 129 Å². The molecule has 1 saturated carbocycles. The summed E-state index contributed by atoms with van der Waals surface area (Å²) in [4.78, 5) is 14.7. The highest BCUT2D eigenvalue weighted by molar-refractivity contribution is 5.82. The maximum atomic E-state index is 12.6. The third kappa shape index (κ3) is 1.40. The topological polar surface area (TPSA) is 38.8 Å². The van der Waals surface area contributed by atoms with E-state index < -0.39 is 0 Å². The lowest BCUT2D eigenvalue weighted by Gasteiger charge is -2.49. The van der Waals surface area contributed by atoms with Gasteiger partial charge in [0.25, 0.3) is 0 Å². The van der Waals surface area contributed by atoms with Gasteiger partial charge in [-0.2, -0.15) is 0 Å². The van der Waals surface area contributed by atoms with E-state index in [0.29, 0.717) is 25.0 Å². The zero-order valence-corrected chi connectivity index (χ0v) is 12.6. The molecule has 0 radical (unpaired) electrons. The molecule has 2 fully saturated rings. The molecule has 1 aromatic carbocycles. The van der Waals surface area contributed by atoms with Crippen molar-refractivity contribution in [3.63, 3.8) is 0 Å². The monoisotopic (exact) mass is 297 g/mol. The fourth-order valence-electron chi connectivity index (χ4n) is 4.97. The molecule has 4 aliphatic rings. The largest absolute Gasteiger partial charge is 0.454 e. The van der Waals surface area contributed by atoms with Gasteiger partial charge in [0.1, 0.15) is 0 Å². The van der Waals surface area contributed by atoms with Crippen LogP contribution in [0.3, 0.4) is 0 Å². The molecular weight excluding hydrogens is 278 g/mol. The Bertz CT molecular complexity index is 711. The van der Waals surface area contributed by atoms with Gasteiger partial charge >= 0.3 is 0 Å². The summed E-state index contributed by atoms with van der Waals surface area (Å²) in [5, 5.41) is 0. The normalized spacial score (nSPS) is 31.8. The van der Waals surface area contributed by atoms with Gasteiger partial charge in [0.15, 0.2) is 11.5 Å². The van der Waals surface area contributed by atoms with E-state index >= 15 is 0 Å². The Balaban J connectivity index is 1.74. The molecule has 22 heavy (non-hydrogen) atoms. The molecule has 1 saturated heterocycles. The Morgan fingerprint density at radius 2 is 2.05 bits per heavy atom. The van der Waals surface area contributed by atoms with E-state index in [0.717, 1.165) is 43.7 Å². The lowest BCUT2D eigenvalue weighted by Crippen LogP contribution is -2.52. The maximum Gasteiger partial charge on any atom is 0.231 e. The van der Waals surface area contributed by atoms with Crippen molar-refractivity contribution < 1.29 is 14.3 Å². The van der Waals surface area contributed by atoms with Crippen LogP contribution < -0.4 is 9.47 Å². The highest BCUT2D eigenvalue weighted by atomic mass is 16.7. The SMILES string of the molecule is C=C1CC[C@@H]2CC(=O)N3CCc4cc5c(cc4[C@@]23C1)OCO5. The van der Waals surface area contributed by atoms with Gasteiger partial charge in [-0.1, -0.05) is 12.2 Å². The van der Waals surface area contributed by atoms with Crippen molar-refractivity contribution >= 4 is 5.91 Å². The first-order valence-corrected chi connectivity index (χ1v) is 8.08. The van der Waals surface area contributed by atoms with Crippen molar-refractivity contribution in [1.29, 1.82) is 0 Å². The van der Waals surface area contributed by atoms with Crippen molar-refractivity contribution in [3.05, 3.63) is 35.4 Å². The molecule has 0 unspecified atom stereocenters. The van der Waals surface area contributed by atoms with Crippen LogP contribution in [0, 0.1) is 5.92 Å². The van der Waals surface area contributed by atoms with Crippen LogP contribution >= 0.6 is 0 Å². The van der Waals surface area contributed by atoms with Gasteiger partial charge in [-0.05, 0) is 54.9 Å². The number of fused-ring (bicyclic) bond motifs is 2. The number of amides is 1. The van der Waals surface area contributed by atoms with Gasteiger partial charge < -0.3 is 14.4 Å². The predicted molar refractivity (Wildman–Crippen MR) is 80.8 cm³/mol. The lowest BCUT2D eigenvalue weighted by molar-refractivity contribution is -0.132. The van der Waals surface area contributed by atoms with E-state index in [1.54, 1.807) is 0 Å². The summed E-state index contributed by atoms with van der Waals surface area (Å²) in [6.07, 6.45) is 4.60. The minimum absolute atomic E-state index is 0.180. The molecule has 3 aliphatic heterocycles. The van der Waals surface area contributed by atoms with E-state index in [2.05, 4.69) is 23.6 Å². The maximum absolute atomic E-state index is 12.6. The van der Waals surface area contributed by atoms with Crippen molar-refractivity contribution in [3.8, 4) is 11.5 Å². The summed E-state index contributed by atoms with van der Waals surface area (Å²) in [5.74, 6) is 2.39. The van der Waals surface area contributed by atoms with Crippen molar-refractivity contribution in [2.75, 3.05) is 13.3 Å². The lowest BCUT2D eigenvalue weighted by atomic mass is 9.65. The predicted octanol–water partition coefficient (Wildman–Crippen LogP) is 2.76. The minimum Gasteiger partial charge on any atom is -0.454 e. The Hall–Kier alpha value is -1.97. The third-order valence-corrected chi connectivity index (χ3v) is 5.91. The molecule has 0 bridgehead atoms. The van der Waals surface area contributed by atoms with Gasteiger partial charge in [-0.3, -0.25) is 4.79 Å². The number of ether oxygens (including phenoxy) is 2. The van der Waals surface area contributed by atoms with Gasteiger partial charge in [-0.15, -0.1) is 0 Å². The van der Waals surface area contributed by atoms with Crippen LogP contribution in [0.2, 0.25) is 0 Å². The van der Waals surface area contributed by atoms with E-state index in [9.17, 15) is 4.79 Å². The number of hydrogen-bond donors (Lipinski definition) is 0. The first kappa shape index (κ1) is 12.6. The molecule has 1 aromatic rings. The average Bonchev–Trinajstić information content (AvgIpc) is 3.06. The number of hydrogen-bond acceptors (Lipinski definition) is 3. The summed E-state index contributed by atoms with van der Waals surface area (Å²) in [6.45, 7) is 5.35. The molecule has 1 aliphatic carbocycles. The number of nitrogens with zero attached hydrogens (tertiary/aromatic N) is 1. The fourth-order valence-corrected chi connectivity index (χ4v) is 4.97. The van der Waals surface area contributed by atoms with Gasteiger partial charge in [0.05, 0.1) is 5.54 Å². The fraction of sp³-hybridized carbons (Fsp3) is 0.500. The van der Waals surface area contributed by atoms with E-state index in [1.807, 2.05) is 0 Å². The summed E-state index contributed by atoms with van der Waals surface area (Å²) in [5.41, 5.74) is 3.68. The molecule has 1 amide bonds. The third-order valence-electron chi connectivity index (χ3n) is 5.91. The second kappa shape index (κ2) is 4.06. The molecule has 3 heterocycles. The molecule has 2 atom stereocenters. The number of benzene rings is 1. The highest BCUT2D eigenvalue weighted by Gasteiger charge is 2.57. The van der Waals surface area contributed by atoms with E-state index in [-0.39, 0.29) is 5.54 Å². The molecule has 0 aromatic heterocycles. The first-order valence-electron chi connectivity index (χ1n) is 8.08. The van der Waals surface area contributed by atoms with Gasteiger partial charge in [-0.25, -0.2) is 0 Å². The van der Waals surface area contributed by atoms with Gasteiger partial charge in [0.2, 0.25) is 12.7 Å². The molecule has 1 spiro atoms. The Kier molecular flexibility index (Phi) is 2.32. The smallest absolute Gasteiger partial charge is 0.231 e. The zero-order chi connectivity index (χ0) is 14.9. The number of carbonyl (C=O) groups is 1. The van der Waals surface area contributed by atoms with Gasteiger partial charge in [0, 0.05) is 13.0 Å². The molecule has 4 heteroatoms. The van der Waals surface area contributed by atoms with Crippen LogP contribution in [-0.2, 0) is 16.8 Å². The van der Waals surface area contributed by atoms with Crippen LogP contribution in [-0.4, -0.2) is 24.1 Å². The van der Waals surface area contributed by atoms with Crippen LogP contribution in [0.15, 0.2) is 24.3 Å². The average molecular weight is 297 g/mol. The molecular formula is C18H19NO3. The van der Waals surface area contributed by atoms with Crippen LogP contribution in [0.25, 0.3) is 0 Å². The van der Waals surface area contributed by atoms with E-state index in [1.165, 1.54) is 16.7 Å². The second-order valence-electron chi connectivity index (χ2n) is 6.95. The molecule has 0 N–H and O–H groups in total. The molecule has 5 rings (SSSR count). The summed E-state index contributed by atoms with van der Waals surface area (Å²) < 4.78 is 11.1. The molecule has 4 nitrogen and oxygen atoms in total. The minimum atomic E-state index is -0.180. The van der Waals surface area contributed by atoms with Crippen molar-refractivity contribution in [2.45, 2.75) is 37.6 Å². The Morgan fingerprint density at radius 1 is 1.23 bits per heavy atom. The van der Waals surface area contributed by atoms with Crippen molar-refractivity contribution in [2.24, 2.45) is 5.92 Å². The van der Waals surface area contributed by atoms with Crippen LogP contribution in [0.5, 0.6) is 11.5 Å². The quantitative estimate of drug-likeness (QED) is 0.691.